The van der Waals surface area contributed by atoms with E-state index in [1.54, 1.807) is 0 Å². The Balaban J connectivity index is 1.99. The van der Waals surface area contributed by atoms with Crippen molar-refractivity contribution in [3.8, 4) is 0 Å². The van der Waals surface area contributed by atoms with Crippen molar-refractivity contribution in [2.45, 2.75) is 13.0 Å². The summed E-state index contributed by atoms with van der Waals surface area (Å²) in [6.45, 7) is 1.94. The van der Waals surface area contributed by atoms with E-state index in [0.29, 0.717) is 0 Å². The van der Waals surface area contributed by atoms with Crippen molar-refractivity contribution in [1.82, 2.24) is 4.57 Å². The van der Waals surface area contributed by atoms with Crippen molar-refractivity contribution >= 4 is 0 Å². The minimum absolute atomic E-state index is 0.288. The third-order valence-electron chi connectivity index (χ3n) is 2.83. The summed E-state index contributed by atoms with van der Waals surface area (Å²) in [5.74, 6) is 0. The standard InChI is InChI=1S/C10H11NO/c1-2-9-6-10(3-5-12-8-10)7-11(9)4-1/h1-5H,6-8H2/t10-/m1/s1. The molecule has 1 aromatic heterocycles. The van der Waals surface area contributed by atoms with Gasteiger partial charge in [0.1, 0.15) is 0 Å². The number of fused-ring (bicyclic) bond motifs is 1. The van der Waals surface area contributed by atoms with Crippen LogP contribution in [0.1, 0.15) is 5.69 Å². The van der Waals surface area contributed by atoms with E-state index in [4.69, 9.17) is 4.74 Å². The molecule has 62 valence electrons. The lowest BCUT2D eigenvalue weighted by Gasteiger charge is -2.16. The van der Waals surface area contributed by atoms with Gasteiger partial charge in [0.2, 0.25) is 0 Å². The first-order valence-corrected chi connectivity index (χ1v) is 4.31. The van der Waals surface area contributed by atoms with Crippen molar-refractivity contribution in [3.63, 3.8) is 0 Å². The Hall–Kier alpha value is -1.18. The maximum absolute atomic E-state index is 5.29. The fraction of sp³-hybridized carbons (Fsp3) is 0.400. The van der Waals surface area contributed by atoms with Crippen LogP contribution < -0.4 is 0 Å². The molecule has 0 fully saturated rings. The molecule has 0 radical (unpaired) electrons. The third-order valence-corrected chi connectivity index (χ3v) is 2.83. The number of ether oxygens (including phenoxy) is 1. The highest BCUT2D eigenvalue weighted by atomic mass is 16.5. The van der Waals surface area contributed by atoms with Gasteiger partial charge in [0.25, 0.3) is 0 Å². The van der Waals surface area contributed by atoms with E-state index in [0.717, 1.165) is 19.6 Å². The molecule has 2 heteroatoms. The quantitative estimate of drug-likeness (QED) is 0.563. The summed E-state index contributed by atoms with van der Waals surface area (Å²) in [5, 5.41) is 0. The van der Waals surface area contributed by atoms with Crippen molar-refractivity contribution in [1.29, 1.82) is 0 Å². The van der Waals surface area contributed by atoms with Gasteiger partial charge in [0.05, 0.1) is 12.9 Å². The molecule has 0 bridgehead atoms. The van der Waals surface area contributed by atoms with Gasteiger partial charge in [0.15, 0.2) is 0 Å². The Bertz CT molecular complexity index is 317. The topological polar surface area (TPSA) is 14.2 Å². The van der Waals surface area contributed by atoms with Crippen LogP contribution in [0.2, 0.25) is 0 Å². The molecular formula is C10H11NO. The van der Waals surface area contributed by atoms with Crippen molar-refractivity contribution in [2.24, 2.45) is 5.41 Å². The van der Waals surface area contributed by atoms with Gasteiger partial charge < -0.3 is 9.30 Å². The highest BCUT2D eigenvalue weighted by molar-refractivity contribution is 5.20. The maximum Gasteiger partial charge on any atom is 0.0986 e. The largest absolute Gasteiger partial charge is 0.501 e. The van der Waals surface area contributed by atoms with Gasteiger partial charge in [-0.15, -0.1) is 0 Å². The molecule has 0 saturated carbocycles. The Morgan fingerprint density at radius 3 is 3.25 bits per heavy atom. The van der Waals surface area contributed by atoms with Gasteiger partial charge in [-0.1, -0.05) is 0 Å². The predicted molar refractivity (Wildman–Crippen MR) is 45.7 cm³/mol. The first-order valence-electron chi connectivity index (χ1n) is 4.31. The molecule has 0 aromatic carbocycles. The molecule has 3 rings (SSSR count). The number of hydrogen-bond donors (Lipinski definition) is 0. The van der Waals surface area contributed by atoms with Crippen LogP contribution >= 0.6 is 0 Å². The summed E-state index contributed by atoms with van der Waals surface area (Å²) in [7, 11) is 0. The van der Waals surface area contributed by atoms with Crippen LogP contribution in [0.5, 0.6) is 0 Å². The van der Waals surface area contributed by atoms with Crippen LogP contribution in [-0.2, 0) is 17.7 Å². The van der Waals surface area contributed by atoms with Crippen molar-refractivity contribution in [3.05, 3.63) is 36.4 Å². The van der Waals surface area contributed by atoms with Crippen LogP contribution in [0, 0.1) is 5.41 Å². The van der Waals surface area contributed by atoms with E-state index in [2.05, 4.69) is 29.0 Å². The van der Waals surface area contributed by atoms with Crippen LogP contribution in [0.15, 0.2) is 30.7 Å². The summed E-state index contributed by atoms with van der Waals surface area (Å²) >= 11 is 0. The zero-order valence-electron chi connectivity index (χ0n) is 6.86. The Kier molecular flexibility index (Phi) is 1.03. The SMILES string of the molecule is C1=C[C@@]2(CO1)Cc1cccn1C2. The lowest BCUT2D eigenvalue weighted by Crippen LogP contribution is -2.21. The highest BCUT2D eigenvalue weighted by Gasteiger charge is 2.37. The van der Waals surface area contributed by atoms with Crippen molar-refractivity contribution in [2.75, 3.05) is 6.61 Å². The summed E-state index contributed by atoms with van der Waals surface area (Å²) in [6, 6.07) is 4.31. The molecule has 0 N–H and O–H groups in total. The van der Waals surface area contributed by atoms with E-state index in [1.165, 1.54) is 5.69 Å². The van der Waals surface area contributed by atoms with Gasteiger partial charge in [-0.05, 0) is 18.2 Å². The molecule has 0 amide bonds. The van der Waals surface area contributed by atoms with E-state index in [9.17, 15) is 0 Å². The van der Waals surface area contributed by atoms with Gasteiger partial charge in [-0.3, -0.25) is 0 Å². The second-order valence-corrected chi connectivity index (χ2v) is 3.78. The molecule has 2 aliphatic heterocycles. The zero-order chi connectivity index (χ0) is 8.02. The summed E-state index contributed by atoms with van der Waals surface area (Å²) in [4.78, 5) is 0. The van der Waals surface area contributed by atoms with E-state index < -0.39 is 0 Å². The number of rotatable bonds is 0. The number of hydrogen-bond acceptors (Lipinski definition) is 1. The molecule has 3 heterocycles. The molecule has 1 spiro atoms. The van der Waals surface area contributed by atoms with Gasteiger partial charge >= 0.3 is 0 Å². The van der Waals surface area contributed by atoms with E-state index in [1.807, 2.05) is 6.26 Å². The van der Waals surface area contributed by atoms with Gasteiger partial charge in [-0.25, -0.2) is 0 Å². The lowest BCUT2D eigenvalue weighted by molar-refractivity contribution is 0.184. The third kappa shape index (κ3) is 0.697. The average molecular weight is 161 g/mol. The van der Waals surface area contributed by atoms with Gasteiger partial charge in [0, 0.05) is 30.3 Å². The first-order chi connectivity index (χ1) is 5.88. The molecule has 0 unspecified atom stereocenters. The smallest absolute Gasteiger partial charge is 0.0986 e. The fourth-order valence-electron chi connectivity index (χ4n) is 2.18. The van der Waals surface area contributed by atoms with E-state index >= 15 is 0 Å². The van der Waals surface area contributed by atoms with Crippen LogP contribution in [-0.4, -0.2) is 11.2 Å². The Morgan fingerprint density at radius 2 is 2.50 bits per heavy atom. The molecular weight excluding hydrogens is 150 g/mol. The Labute approximate surface area is 71.5 Å². The maximum atomic E-state index is 5.29. The van der Waals surface area contributed by atoms with Crippen LogP contribution in [0.4, 0.5) is 0 Å². The monoisotopic (exact) mass is 161 g/mol. The molecule has 2 nitrogen and oxygen atoms in total. The Morgan fingerprint density at radius 1 is 1.50 bits per heavy atom. The van der Waals surface area contributed by atoms with Crippen molar-refractivity contribution < 1.29 is 4.74 Å². The number of aromatic nitrogens is 1. The van der Waals surface area contributed by atoms with Crippen LogP contribution in [0.25, 0.3) is 0 Å². The highest BCUT2D eigenvalue weighted by Crippen LogP contribution is 2.37. The fourth-order valence-corrected chi connectivity index (χ4v) is 2.18. The average Bonchev–Trinajstić information content (AvgIpc) is 2.66. The second kappa shape index (κ2) is 1.94. The zero-order valence-corrected chi connectivity index (χ0v) is 6.86. The molecule has 2 aliphatic rings. The summed E-state index contributed by atoms with van der Waals surface area (Å²) < 4.78 is 7.61. The summed E-state index contributed by atoms with van der Waals surface area (Å²) in [6.07, 6.45) is 7.33. The normalized spacial score (nSPS) is 31.0. The number of nitrogens with zero attached hydrogens (tertiary/aromatic N) is 1. The van der Waals surface area contributed by atoms with Crippen LogP contribution in [0.3, 0.4) is 0 Å². The second-order valence-electron chi connectivity index (χ2n) is 3.78. The first kappa shape index (κ1) is 6.35. The summed E-state index contributed by atoms with van der Waals surface area (Å²) in [5.41, 5.74) is 1.72. The molecule has 12 heavy (non-hydrogen) atoms. The minimum Gasteiger partial charge on any atom is -0.501 e. The lowest BCUT2D eigenvalue weighted by atomic mass is 9.88. The van der Waals surface area contributed by atoms with Gasteiger partial charge in [-0.2, -0.15) is 0 Å². The molecule has 0 saturated heterocycles. The predicted octanol–water partition coefficient (Wildman–Crippen LogP) is 1.57. The molecule has 0 aliphatic carbocycles. The molecule has 1 aromatic rings. The minimum atomic E-state index is 0.288. The van der Waals surface area contributed by atoms with E-state index in [-0.39, 0.29) is 5.41 Å². The molecule has 1 atom stereocenters.